The number of anilines is 2. The van der Waals surface area contributed by atoms with Gasteiger partial charge in [-0.2, -0.15) is 13.2 Å². The molecule has 36 heavy (non-hydrogen) atoms. The van der Waals surface area contributed by atoms with Gasteiger partial charge in [0.15, 0.2) is 0 Å². The molecule has 1 aliphatic heterocycles. The van der Waals surface area contributed by atoms with Crippen molar-refractivity contribution in [2.24, 2.45) is 0 Å². The van der Waals surface area contributed by atoms with E-state index in [4.69, 9.17) is 16.3 Å². The highest BCUT2D eigenvalue weighted by molar-refractivity contribution is 6.30. The second-order valence-corrected chi connectivity index (χ2v) is 9.86. The fourth-order valence-electron chi connectivity index (χ4n) is 4.84. The number of hydrogen-bond acceptors (Lipinski definition) is 4. The SMILES string of the molecule is Cc1ccc(NC2CCC(OCC(=O)N3CCN(c4ccc(Cl)cc4F)CC3)CC2)cc1C(F)(F)F. The number of ether oxygens (including phenoxy) is 1. The number of aryl methyl sites for hydroxylation is 1. The van der Waals surface area contributed by atoms with Crippen molar-refractivity contribution in [1.82, 2.24) is 4.90 Å². The monoisotopic (exact) mass is 527 g/mol. The van der Waals surface area contributed by atoms with Crippen molar-refractivity contribution in [2.75, 3.05) is 43.0 Å². The summed E-state index contributed by atoms with van der Waals surface area (Å²) in [4.78, 5) is 16.3. The highest BCUT2D eigenvalue weighted by Crippen LogP contribution is 2.34. The summed E-state index contributed by atoms with van der Waals surface area (Å²) in [5.74, 6) is -0.468. The van der Waals surface area contributed by atoms with E-state index in [1.807, 2.05) is 4.90 Å². The second kappa shape index (κ2) is 11.3. The Morgan fingerprint density at radius 1 is 1.06 bits per heavy atom. The van der Waals surface area contributed by atoms with Crippen LogP contribution in [0, 0.1) is 12.7 Å². The quantitative estimate of drug-likeness (QED) is 0.475. The van der Waals surface area contributed by atoms with Crippen molar-refractivity contribution in [3.05, 3.63) is 58.4 Å². The minimum absolute atomic E-state index is 0.00896. The first-order valence-corrected chi connectivity index (χ1v) is 12.5. The van der Waals surface area contributed by atoms with E-state index in [-0.39, 0.29) is 36.0 Å². The van der Waals surface area contributed by atoms with E-state index in [2.05, 4.69) is 5.32 Å². The normalized spacial score (nSPS) is 20.9. The highest BCUT2D eigenvalue weighted by atomic mass is 35.5. The van der Waals surface area contributed by atoms with E-state index in [0.717, 1.165) is 31.7 Å². The van der Waals surface area contributed by atoms with Crippen LogP contribution in [-0.4, -0.2) is 55.7 Å². The second-order valence-electron chi connectivity index (χ2n) is 9.42. The Bertz CT molecular complexity index is 1070. The Morgan fingerprint density at radius 3 is 2.39 bits per heavy atom. The maximum absolute atomic E-state index is 14.2. The molecule has 2 aromatic rings. The zero-order valence-electron chi connectivity index (χ0n) is 20.1. The molecule has 0 unspecified atom stereocenters. The summed E-state index contributed by atoms with van der Waals surface area (Å²) in [5, 5.41) is 3.56. The average molecular weight is 528 g/mol. The fourth-order valence-corrected chi connectivity index (χ4v) is 5.00. The molecule has 196 valence electrons. The molecule has 0 radical (unpaired) electrons. The minimum Gasteiger partial charge on any atom is -0.382 e. The molecule has 1 heterocycles. The zero-order valence-corrected chi connectivity index (χ0v) is 20.8. The lowest BCUT2D eigenvalue weighted by Crippen LogP contribution is -2.50. The number of amides is 1. The molecular formula is C26H30ClF4N3O2. The number of alkyl halides is 3. The lowest BCUT2D eigenvalue weighted by molar-refractivity contribution is -0.139. The molecule has 0 atom stereocenters. The Hall–Kier alpha value is -2.52. The van der Waals surface area contributed by atoms with E-state index in [0.29, 0.717) is 42.6 Å². The Balaban J connectivity index is 1.18. The smallest absolute Gasteiger partial charge is 0.382 e. The van der Waals surface area contributed by atoms with Gasteiger partial charge in [0.1, 0.15) is 12.4 Å². The molecule has 0 bridgehead atoms. The first-order valence-electron chi connectivity index (χ1n) is 12.1. The highest BCUT2D eigenvalue weighted by Gasteiger charge is 2.33. The molecule has 10 heteroatoms. The van der Waals surface area contributed by atoms with Crippen molar-refractivity contribution in [1.29, 1.82) is 0 Å². The van der Waals surface area contributed by atoms with Gasteiger partial charge in [-0.15, -0.1) is 0 Å². The summed E-state index contributed by atoms with van der Waals surface area (Å²) in [7, 11) is 0. The van der Waals surface area contributed by atoms with Crippen LogP contribution in [0.3, 0.4) is 0 Å². The van der Waals surface area contributed by atoms with Crippen molar-refractivity contribution < 1.29 is 27.1 Å². The number of rotatable bonds is 6. The van der Waals surface area contributed by atoms with E-state index in [9.17, 15) is 22.4 Å². The summed E-state index contributed by atoms with van der Waals surface area (Å²) < 4.78 is 59.6. The summed E-state index contributed by atoms with van der Waals surface area (Å²) >= 11 is 5.82. The average Bonchev–Trinajstić information content (AvgIpc) is 2.84. The third-order valence-corrected chi connectivity index (χ3v) is 7.15. The van der Waals surface area contributed by atoms with Gasteiger partial charge in [-0.1, -0.05) is 17.7 Å². The number of carbonyl (C=O) groups excluding carboxylic acids is 1. The molecule has 5 nitrogen and oxygen atoms in total. The molecular weight excluding hydrogens is 498 g/mol. The summed E-state index contributed by atoms with van der Waals surface area (Å²) in [6.45, 7) is 3.46. The predicted molar refractivity (Wildman–Crippen MR) is 132 cm³/mol. The van der Waals surface area contributed by atoms with Crippen molar-refractivity contribution in [3.63, 3.8) is 0 Å². The van der Waals surface area contributed by atoms with Gasteiger partial charge >= 0.3 is 6.18 Å². The van der Waals surface area contributed by atoms with Gasteiger partial charge in [-0.05, 0) is 68.5 Å². The van der Waals surface area contributed by atoms with Crippen molar-refractivity contribution in [3.8, 4) is 0 Å². The molecule has 4 rings (SSSR count). The molecule has 2 fully saturated rings. The Labute approximate surface area is 213 Å². The predicted octanol–water partition coefficient (Wildman–Crippen LogP) is 5.89. The molecule has 1 aliphatic carbocycles. The lowest BCUT2D eigenvalue weighted by atomic mass is 9.92. The van der Waals surface area contributed by atoms with Gasteiger partial charge in [-0.25, -0.2) is 4.39 Å². The topological polar surface area (TPSA) is 44.8 Å². The van der Waals surface area contributed by atoms with Crippen LogP contribution >= 0.6 is 11.6 Å². The summed E-state index contributed by atoms with van der Waals surface area (Å²) in [5.41, 5.74) is 0.522. The van der Waals surface area contributed by atoms with E-state index in [1.54, 1.807) is 23.1 Å². The standard InChI is InChI=1S/C26H30ClF4N3O2/c1-17-2-4-20(15-22(17)26(29,30)31)32-19-5-7-21(8-6-19)36-16-25(35)34-12-10-33(11-13-34)24-9-3-18(27)14-23(24)28/h2-4,9,14-15,19,21,32H,5-8,10-13,16H2,1H3. The van der Waals surface area contributed by atoms with E-state index >= 15 is 0 Å². The van der Waals surface area contributed by atoms with Crippen LogP contribution in [0.2, 0.25) is 5.02 Å². The van der Waals surface area contributed by atoms with Crippen LogP contribution in [0.25, 0.3) is 0 Å². The van der Waals surface area contributed by atoms with Gasteiger partial charge < -0.3 is 19.9 Å². The molecule has 1 N–H and O–H groups in total. The van der Waals surface area contributed by atoms with Crippen molar-refractivity contribution >= 4 is 28.9 Å². The van der Waals surface area contributed by atoms with E-state index in [1.165, 1.54) is 19.1 Å². The van der Waals surface area contributed by atoms with Crippen LogP contribution in [0.5, 0.6) is 0 Å². The van der Waals surface area contributed by atoms with Gasteiger partial charge in [0.05, 0.1) is 17.4 Å². The van der Waals surface area contributed by atoms with Crippen LogP contribution in [0.4, 0.5) is 28.9 Å². The first kappa shape index (κ1) is 26.5. The molecule has 1 amide bonds. The molecule has 2 aromatic carbocycles. The first-order chi connectivity index (χ1) is 17.1. The molecule has 1 saturated heterocycles. The third-order valence-electron chi connectivity index (χ3n) is 6.91. The molecule has 0 spiro atoms. The number of piperazine rings is 1. The molecule has 1 saturated carbocycles. The zero-order chi connectivity index (χ0) is 25.9. The number of nitrogens with zero attached hydrogens (tertiary/aromatic N) is 2. The van der Waals surface area contributed by atoms with Gasteiger partial charge in [0.25, 0.3) is 0 Å². The third kappa shape index (κ3) is 6.62. The fraction of sp³-hybridized carbons (Fsp3) is 0.500. The summed E-state index contributed by atoms with van der Waals surface area (Å²) in [6.07, 6.45) is -1.48. The Morgan fingerprint density at radius 2 is 1.75 bits per heavy atom. The maximum Gasteiger partial charge on any atom is 0.416 e. The number of carbonyl (C=O) groups is 1. The number of hydrogen-bond donors (Lipinski definition) is 1. The molecule has 0 aromatic heterocycles. The van der Waals surface area contributed by atoms with Gasteiger partial charge in [0, 0.05) is 42.9 Å². The van der Waals surface area contributed by atoms with Gasteiger partial charge in [0.2, 0.25) is 5.91 Å². The minimum atomic E-state index is -4.38. The number of benzene rings is 2. The molecule has 2 aliphatic rings. The summed E-state index contributed by atoms with van der Waals surface area (Å²) in [6, 6.07) is 8.97. The number of nitrogens with one attached hydrogen (secondary N) is 1. The lowest BCUT2D eigenvalue weighted by Gasteiger charge is -2.36. The van der Waals surface area contributed by atoms with E-state index < -0.39 is 11.7 Å². The maximum atomic E-state index is 14.2. The van der Waals surface area contributed by atoms with Crippen molar-refractivity contribution in [2.45, 2.75) is 50.9 Å². The van der Waals surface area contributed by atoms with Crippen LogP contribution in [0.15, 0.2) is 36.4 Å². The Kier molecular flexibility index (Phi) is 8.30. The van der Waals surface area contributed by atoms with Crippen LogP contribution in [-0.2, 0) is 15.7 Å². The van der Waals surface area contributed by atoms with Crippen LogP contribution < -0.4 is 10.2 Å². The van der Waals surface area contributed by atoms with Gasteiger partial charge in [-0.3, -0.25) is 4.79 Å². The van der Waals surface area contributed by atoms with Crippen LogP contribution in [0.1, 0.15) is 36.8 Å². The number of halogens is 5. The largest absolute Gasteiger partial charge is 0.416 e.